The molecule has 1 saturated carbocycles. The standard InChI is InChI=1S/C25H29BrN2O4/c1-24(2,3)32-23(30)27-11-12-28(25(17-27)9-10-25)22(29)19-13-20(26)15-21(14-19)31-16-18-7-5-4-6-8-18/h4-8,13-15H,9-12,16-17H2,1-3H3. The van der Waals surface area contributed by atoms with E-state index in [0.29, 0.717) is 37.6 Å². The van der Waals surface area contributed by atoms with E-state index in [1.54, 1.807) is 11.0 Å². The molecular weight excluding hydrogens is 472 g/mol. The molecule has 0 N–H and O–H groups in total. The Kier molecular flexibility index (Phi) is 6.21. The van der Waals surface area contributed by atoms with Crippen LogP contribution in [0.15, 0.2) is 53.0 Å². The second-order valence-corrected chi connectivity index (χ2v) is 10.4. The fourth-order valence-corrected chi connectivity index (χ4v) is 4.49. The molecule has 0 unspecified atom stereocenters. The first-order chi connectivity index (χ1) is 15.2. The number of hydrogen-bond donors (Lipinski definition) is 0. The molecule has 7 heteroatoms. The number of amides is 2. The molecule has 2 aromatic carbocycles. The highest BCUT2D eigenvalue weighted by molar-refractivity contribution is 9.10. The van der Waals surface area contributed by atoms with E-state index in [0.717, 1.165) is 22.9 Å². The zero-order valence-electron chi connectivity index (χ0n) is 18.8. The molecule has 2 amide bonds. The van der Waals surface area contributed by atoms with Gasteiger partial charge in [0, 0.05) is 29.7 Å². The maximum atomic E-state index is 13.5. The van der Waals surface area contributed by atoms with Crippen LogP contribution in [0.4, 0.5) is 4.79 Å². The van der Waals surface area contributed by atoms with Crippen molar-refractivity contribution in [3.05, 3.63) is 64.1 Å². The highest BCUT2D eigenvalue weighted by Gasteiger charge is 2.54. The van der Waals surface area contributed by atoms with Gasteiger partial charge in [-0.3, -0.25) is 4.79 Å². The van der Waals surface area contributed by atoms with E-state index >= 15 is 0 Å². The first-order valence-corrected chi connectivity index (χ1v) is 11.7. The van der Waals surface area contributed by atoms with Crippen molar-refractivity contribution in [2.24, 2.45) is 0 Å². The molecule has 1 aliphatic carbocycles. The lowest BCUT2D eigenvalue weighted by atomic mass is 10.1. The average molecular weight is 501 g/mol. The number of halogens is 1. The summed E-state index contributed by atoms with van der Waals surface area (Å²) in [6, 6.07) is 15.4. The maximum Gasteiger partial charge on any atom is 0.410 e. The fraction of sp³-hybridized carbons (Fsp3) is 0.440. The van der Waals surface area contributed by atoms with Crippen LogP contribution in [0.3, 0.4) is 0 Å². The van der Waals surface area contributed by atoms with Gasteiger partial charge in [0.25, 0.3) is 5.91 Å². The molecule has 4 rings (SSSR count). The van der Waals surface area contributed by atoms with Gasteiger partial charge in [-0.1, -0.05) is 46.3 Å². The lowest BCUT2D eigenvalue weighted by Gasteiger charge is -2.42. The SMILES string of the molecule is CC(C)(C)OC(=O)N1CCN(C(=O)c2cc(Br)cc(OCc3ccccc3)c2)C2(CC2)C1. The number of carbonyl (C=O) groups excluding carboxylic acids is 2. The van der Waals surface area contributed by atoms with Crippen LogP contribution in [0, 0.1) is 0 Å². The molecule has 0 radical (unpaired) electrons. The number of piperazine rings is 1. The smallest absolute Gasteiger partial charge is 0.410 e. The zero-order chi connectivity index (χ0) is 22.9. The molecule has 1 spiro atoms. The Labute approximate surface area is 197 Å². The molecule has 170 valence electrons. The lowest BCUT2D eigenvalue weighted by Crippen LogP contribution is -2.58. The topological polar surface area (TPSA) is 59.1 Å². The summed E-state index contributed by atoms with van der Waals surface area (Å²) in [5.41, 5.74) is 0.822. The van der Waals surface area contributed by atoms with Crippen LogP contribution in [-0.2, 0) is 11.3 Å². The first-order valence-electron chi connectivity index (χ1n) is 10.9. The minimum Gasteiger partial charge on any atom is -0.489 e. The van der Waals surface area contributed by atoms with Crippen LogP contribution in [0.5, 0.6) is 5.75 Å². The average Bonchev–Trinajstić information content (AvgIpc) is 3.50. The minimum absolute atomic E-state index is 0.0304. The molecule has 0 aromatic heterocycles. The Morgan fingerprint density at radius 2 is 1.78 bits per heavy atom. The Bertz CT molecular complexity index is 999. The summed E-state index contributed by atoms with van der Waals surface area (Å²) in [6.07, 6.45) is 1.47. The van der Waals surface area contributed by atoms with E-state index in [4.69, 9.17) is 9.47 Å². The third-order valence-corrected chi connectivity index (χ3v) is 6.20. The van der Waals surface area contributed by atoms with Gasteiger partial charge in [-0.2, -0.15) is 0 Å². The van der Waals surface area contributed by atoms with Gasteiger partial charge >= 0.3 is 6.09 Å². The van der Waals surface area contributed by atoms with E-state index in [9.17, 15) is 9.59 Å². The van der Waals surface area contributed by atoms with E-state index in [1.807, 2.05) is 68.1 Å². The van der Waals surface area contributed by atoms with Gasteiger partial charge < -0.3 is 19.3 Å². The van der Waals surface area contributed by atoms with Crippen molar-refractivity contribution in [2.75, 3.05) is 19.6 Å². The van der Waals surface area contributed by atoms with Gasteiger partial charge in [0.05, 0.1) is 5.54 Å². The Balaban J connectivity index is 1.45. The van der Waals surface area contributed by atoms with Crippen LogP contribution in [0.25, 0.3) is 0 Å². The van der Waals surface area contributed by atoms with Gasteiger partial charge in [0.2, 0.25) is 0 Å². The highest BCUT2D eigenvalue weighted by atomic mass is 79.9. The van der Waals surface area contributed by atoms with Gasteiger partial charge in [0.15, 0.2) is 0 Å². The quantitative estimate of drug-likeness (QED) is 0.574. The summed E-state index contributed by atoms with van der Waals surface area (Å²) in [6.45, 7) is 7.49. The molecule has 32 heavy (non-hydrogen) atoms. The molecular formula is C25H29BrN2O4. The summed E-state index contributed by atoms with van der Waals surface area (Å²) in [7, 11) is 0. The first kappa shape index (κ1) is 22.6. The van der Waals surface area contributed by atoms with Gasteiger partial charge in [-0.05, 0) is 57.4 Å². The van der Waals surface area contributed by atoms with Crippen molar-refractivity contribution in [1.29, 1.82) is 0 Å². The molecule has 0 bridgehead atoms. The van der Waals surface area contributed by atoms with Gasteiger partial charge in [0.1, 0.15) is 18.0 Å². The van der Waals surface area contributed by atoms with Gasteiger partial charge in [-0.15, -0.1) is 0 Å². The van der Waals surface area contributed by atoms with Gasteiger partial charge in [-0.25, -0.2) is 4.79 Å². The van der Waals surface area contributed by atoms with Crippen LogP contribution < -0.4 is 4.74 Å². The van der Waals surface area contributed by atoms with Crippen molar-refractivity contribution in [1.82, 2.24) is 9.80 Å². The molecule has 2 aliphatic rings. The number of nitrogens with zero attached hydrogens (tertiary/aromatic N) is 2. The number of hydrogen-bond acceptors (Lipinski definition) is 4. The predicted molar refractivity (Wildman–Crippen MR) is 126 cm³/mol. The van der Waals surface area contributed by atoms with E-state index in [1.165, 1.54) is 0 Å². The van der Waals surface area contributed by atoms with Crippen molar-refractivity contribution < 1.29 is 19.1 Å². The van der Waals surface area contributed by atoms with E-state index < -0.39 is 5.60 Å². The van der Waals surface area contributed by atoms with Crippen LogP contribution in [0.1, 0.15) is 49.5 Å². The lowest BCUT2D eigenvalue weighted by molar-refractivity contribution is 0.000629. The summed E-state index contributed by atoms with van der Waals surface area (Å²) in [4.78, 5) is 29.6. The molecule has 1 saturated heterocycles. The second kappa shape index (κ2) is 8.77. The Morgan fingerprint density at radius 1 is 1.06 bits per heavy atom. The molecule has 1 heterocycles. The van der Waals surface area contributed by atoms with Crippen molar-refractivity contribution >= 4 is 27.9 Å². The largest absolute Gasteiger partial charge is 0.489 e. The normalized spacial score (nSPS) is 17.2. The molecule has 0 atom stereocenters. The van der Waals surface area contributed by atoms with Crippen molar-refractivity contribution in [3.8, 4) is 5.75 Å². The number of rotatable bonds is 4. The highest BCUT2D eigenvalue weighted by Crippen LogP contribution is 2.45. The number of carbonyl (C=O) groups is 2. The maximum absolute atomic E-state index is 13.5. The van der Waals surface area contributed by atoms with Crippen molar-refractivity contribution in [3.63, 3.8) is 0 Å². The summed E-state index contributed by atoms with van der Waals surface area (Å²) in [5.74, 6) is 0.612. The van der Waals surface area contributed by atoms with Crippen LogP contribution in [-0.4, -0.2) is 52.6 Å². The predicted octanol–water partition coefficient (Wildman–Crippen LogP) is 5.25. The second-order valence-electron chi connectivity index (χ2n) is 9.53. The number of benzene rings is 2. The monoisotopic (exact) mass is 500 g/mol. The molecule has 2 fully saturated rings. The Morgan fingerprint density at radius 3 is 2.44 bits per heavy atom. The zero-order valence-corrected chi connectivity index (χ0v) is 20.4. The van der Waals surface area contributed by atoms with Crippen molar-refractivity contribution in [2.45, 2.75) is 51.4 Å². The third-order valence-electron chi connectivity index (χ3n) is 5.74. The molecule has 6 nitrogen and oxygen atoms in total. The minimum atomic E-state index is -0.535. The third kappa shape index (κ3) is 5.26. The summed E-state index contributed by atoms with van der Waals surface area (Å²) in [5, 5.41) is 0. The summed E-state index contributed by atoms with van der Waals surface area (Å²) >= 11 is 3.51. The number of ether oxygens (including phenoxy) is 2. The molecule has 1 aliphatic heterocycles. The van der Waals surface area contributed by atoms with E-state index in [-0.39, 0.29) is 17.5 Å². The Hall–Kier alpha value is -2.54. The van der Waals surface area contributed by atoms with E-state index in [2.05, 4.69) is 15.9 Å². The fourth-order valence-electron chi connectivity index (χ4n) is 4.02. The molecule has 2 aromatic rings. The van der Waals surface area contributed by atoms with Crippen LogP contribution >= 0.6 is 15.9 Å². The van der Waals surface area contributed by atoms with Crippen LogP contribution in [0.2, 0.25) is 0 Å². The summed E-state index contributed by atoms with van der Waals surface area (Å²) < 4.78 is 12.3.